The summed E-state index contributed by atoms with van der Waals surface area (Å²) in [6.07, 6.45) is 4.07. The van der Waals surface area contributed by atoms with Gasteiger partial charge < -0.3 is 15.5 Å². The lowest BCUT2D eigenvalue weighted by Crippen LogP contribution is -2.22. The number of nitrogens with zero attached hydrogens (tertiary/aromatic N) is 2. The lowest BCUT2D eigenvalue weighted by atomic mass is 9.90. The highest BCUT2D eigenvalue weighted by Gasteiger charge is 2.35. The molecule has 2 heterocycles. The molecule has 1 atom stereocenters. The van der Waals surface area contributed by atoms with Crippen LogP contribution in [0.1, 0.15) is 37.4 Å². The molecule has 1 unspecified atom stereocenters. The van der Waals surface area contributed by atoms with Gasteiger partial charge in [0.25, 0.3) is 5.56 Å². The van der Waals surface area contributed by atoms with Crippen LogP contribution < -0.4 is 11.3 Å². The number of carbonyl (C=O) groups excluding carboxylic acids is 1. The smallest absolute Gasteiger partial charge is 0.316 e. The number of nitrogen functional groups attached to an aromatic ring is 1. The van der Waals surface area contributed by atoms with E-state index in [2.05, 4.69) is 19.9 Å². The van der Waals surface area contributed by atoms with Gasteiger partial charge in [0.2, 0.25) is 5.95 Å². The minimum atomic E-state index is -0.493. The van der Waals surface area contributed by atoms with E-state index in [1.54, 1.807) is 0 Å². The number of aromatic amines is 2. The van der Waals surface area contributed by atoms with Gasteiger partial charge in [-0.25, -0.2) is 4.98 Å². The van der Waals surface area contributed by atoms with Crippen LogP contribution in [-0.4, -0.2) is 33.0 Å². The van der Waals surface area contributed by atoms with Crippen molar-refractivity contribution >= 4 is 23.1 Å². The molecule has 0 saturated heterocycles. The summed E-state index contributed by atoms with van der Waals surface area (Å²) in [6.45, 7) is 0. The van der Waals surface area contributed by atoms with Crippen molar-refractivity contribution < 1.29 is 9.53 Å². The van der Waals surface area contributed by atoms with Gasteiger partial charge in [0, 0.05) is 0 Å². The van der Waals surface area contributed by atoms with Crippen LogP contribution in [0.5, 0.6) is 0 Å². The predicted molar refractivity (Wildman–Crippen MR) is 75.6 cm³/mol. The molecule has 21 heavy (non-hydrogen) atoms. The third-order valence-corrected chi connectivity index (χ3v) is 4.02. The Morgan fingerprint density at radius 3 is 2.71 bits per heavy atom. The zero-order valence-electron chi connectivity index (χ0n) is 11.7. The SMILES string of the molecule is COC(=O)C(c1nc2nc(N)[nH]c(=O)c2[nH]1)C1CCCC1. The second-order valence-corrected chi connectivity index (χ2v) is 5.32. The Balaban J connectivity index is 2.08. The Labute approximate surface area is 120 Å². The van der Waals surface area contributed by atoms with Gasteiger partial charge in [0.1, 0.15) is 11.7 Å². The van der Waals surface area contributed by atoms with Crippen molar-refractivity contribution in [3.05, 3.63) is 16.2 Å². The molecular formula is C13H17N5O3. The number of aromatic nitrogens is 4. The highest BCUT2D eigenvalue weighted by Crippen LogP contribution is 2.37. The molecule has 0 radical (unpaired) electrons. The largest absolute Gasteiger partial charge is 0.468 e. The first-order valence-electron chi connectivity index (χ1n) is 6.93. The van der Waals surface area contributed by atoms with E-state index in [4.69, 9.17) is 10.5 Å². The van der Waals surface area contributed by atoms with E-state index >= 15 is 0 Å². The number of imidazole rings is 1. The molecule has 1 aliphatic carbocycles. The number of rotatable bonds is 3. The number of anilines is 1. The molecule has 0 bridgehead atoms. The van der Waals surface area contributed by atoms with E-state index in [9.17, 15) is 9.59 Å². The molecular weight excluding hydrogens is 274 g/mol. The number of H-pyrrole nitrogens is 2. The van der Waals surface area contributed by atoms with Gasteiger partial charge in [0.15, 0.2) is 11.2 Å². The average molecular weight is 291 g/mol. The fourth-order valence-corrected chi connectivity index (χ4v) is 3.03. The average Bonchev–Trinajstić information content (AvgIpc) is 3.08. The number of carbonyl (C=O) groups is 1. The van der Waals surface area contributed by atoms with Crippen LogP contribution in [0.3, 0.4) is 0 Å². The van der Waals surface area contributed by atoms with Crippen molar-refractivity contribution in [3.63, 3.8) is 0 Å². The lowest BCUT2D eigenvalue weighted by molar-refractivity contribution is -0.144. The number of ether oxygens (including phenoxy) is 1. The van der Waals surface area contributed by atoms with E-state index in [1.165, 1.54) is 7.11 Å². The third kappa shape index (κ3) is 2.37. The molecule has 2 aromatic heterocycles. The van der Waals surface area contributed by atoms with Crippen LogP contribution in [0.2, 0.25) is 0 Å². The summed E-state index contributed by atoms with van der Waals surface area (Å²) < 4.78 is 4.90. The third-order valence-electron chi connectivity index (χ3n) is 4.02. The van der Waals surface area contributed by atoms with Gasteiger partial charge in [-0.1, -0.05) is 12.8 Å². The van der Waals surface area contributed by atoms with E-state index in [-0.39, 0.29) is 29.0 Å². The second-order valence-electron chi connectivity index (χ2n) is 5.32. The summed E-state index contributed by atoms with van der Waals surface area (Å²) in [4.78, 5) is 37.5. The quantitative estimate of drug-likeness (QED) is 0.713. The van der Waals surface area contributed by atoms with E-state index in [0.717, 1.165) is 25.7 Å². The van der Waals surface area contributed by atoms with Gasteiger partial charge in [-0.05, 0) is 18.8 Å². The minimum absolute atomic E-state index is 0.000958. The summed E-state index contributed by atoms with van der Waals surface area (Å²) in [7, 11) is 1.36. The second kappa shape index (κ2) is 5.19. The maximum absolute atomic E-state index is 12.1. The van der Waals surface area contributed by atoms with E-state index in [0.29, 0.717) is 5.82 Å². The molecule has 1 saturated carbocycles. The first kappa shape index (κ1) is 13.6. The highest BCUT2D eigenvalue weighted by atomic mass is 16.5. The monoisotopic (exact) mass is 291 g/mol. The van der Waals surface area contributed by atoms with Crippen molar-refractivity contribution in [2.75, 3.05) is 12.8 Å². The van der Waals surface area contributed by atoms with Crippen LogP contribution in [0.4, 0.5) is 5.95 Å². The molecule has 1 aliphatic rings. The predicted octanol–water partition coefficient (Wildman–Crippen LogP) is 0.675. The zero-order valence-corrected chi connectivity index (χ0v) is 11.7. The lowest BCUT2D eigenvalue weighted by Gasteiger charge is -2.18. The number of esters is 1. The maximum atomic E-state index is 12.1. The van der Waals surface area contributed by atoms with Gasteiger partial charge >= 0.3 is 5.97 Å². The molecule has 1 fully saturated rings. The van der Waals surface area contributed by atoms with Crippen molar-refractivity contribution in [2.24, 2.45) is 5.92 Å². The molecule has 2 aromatic rings. The van der Waals surface area contributed by atoms with Gasteiger partial charge in [-0.15, -0.1) is 0 Å². The molecule has 8 nitrogen and oxygen atoms in total. The number of hydrogen-bond donors (Lipinski definition) is 3. The van der Waals surface area contributed by atoms with E-state index < -0.39 is 11.5 Å². The Morgan fingerprint density at radius 2 is 2.05 bits per heavy atom. The molecule has 4 N–H and O–H groups in total. The molecule has 0 amide bonds. The topological polar surface area (TPSA) is 127 Å². The first-order chi connectivity index (χ1) is 10.1. The number of nitrogens with one attached hydrogen (secondary N) is 2. The van der Waals surface area contributed by atoms with Crippen LogP contribution in [0, 0.1) is 5.92 Å². The molecule has 8 heteroatoms. The van der Waals surface area contributed by atoms with Gasteiger partial charge in [-0.2, -0.15) is 4.98 Å². The molecule has 112 valence electrons. The van der Waals surface area contributed by atoms with Crippen LogP contribution in [0.25, 0.3) is 11.2 Å². The standard InChI is InChI=1S/C13H17N5O3/c1-21-12(20)7(6-4-2-3-5-6)9-15-8-10(16-9)17-13(14)18-11(8)19/h6-7H,2-5H2,1H3,(H4,14,15,16,17,18,19). The van der Waals surface area contributed by atoms with Gasteiger partial charge in [0.05, 0.1) is 7.11 Å². The van der Waals surface area contributed by atoms with Crippen molar-refractivity contribution in [1.29, 1.82) is 0 Å². The summed E-state index contributed by atoms with van der Waals surface area (Å²) in [5.41, 5.74) is 5.56. The van der Waals surface area contributed by atoms with Crippen molar-refractivity contribution in [1.82, 2.24) is 19.9 Å². The van der Waals surface area contributed by atoms with Crippen LogP contribution in [-0.2, 0) is 9.53 Å². The number of hydrogen-bond acceptors (Lipinski definition) is 6. The Hall–Kier alpha value is -2.38. The normalized spacial score (nSPS) is 17.2. The summed E-state index contributed by atoms with van der Waals surface area (Å²) in [6, 6.07) is 0. The summed E-state index contributed by atoms with van der Waals surface area (Å²) >= 11 is 0. The number of fused-ring (bicyclic) bond motifs is 1. The van der Waals surface area contributed by atoms with E-state index in [1.807, 2.05) is 0 Å². The number of methoxy groups -OCH3 is 1. The molecule has 3 rings (SSSR count). The highest BCUT2D eigenvalue weighted by molar-refractivity contribution is 5.79. The fourth-order valence-electron chi connectivity index (χ4n) is 3.03. The number of nitrogens with two attached hydrogens (primary N) is 1. The zero-order chi connectivity index (χ0) is 15.0. The first-order valence-corrected chi connectivity index (χ1v) is 6.93. The maximum Gasteiger partial charge on any atom is 0.316 e. The van der Waals surface area contributed by atoms with Crippen LogP contribution >= 0.6 is 0 Å². The summed E-state index contributed by atoms with van der Waals surface area (Å²) in [5, 5.41) is 0. The Kier molecular flexibility index (Phi) is 3.36. The van der Waals surface area contributed by atoms with Gasteiger partial charge in [-0.3, -0.25) is 14.6 Å². The molecule has 0 spiro atoms. The minimum Gasteiger partial charge on any atom is -0.468 e. The molecule has 0 aliphatic heterocycles. The molecule has 0 aromatic carbocycles. The summed E-state index contributed by atoms with van der Waals surface area (Å²) in [5.74, 6) is -0.236. The Morgan fingerprint density at radius 1 is 1.33 bits per heavy atom. The Bertz CT molecular complexity index is 729. The van der Waals surface area contributed by atoms with Crippen LogP contribution in [0.15, 0.2) is 4.79 Å². The van der Waals surface area contributed by atoms with Crippen molar-refractivity contribution in [3.8, 4) is 0 Å². The van der Waals surface area contributed by atoms with Crippen molar-refractivity contribution in [2.45, 2.75) is 31.6 Å². The fraction of sp³-hybridized carbons (Fsp3) is 0.538.